The summed E-state index contributed by atoms with van der Waals surface area (Å²) < 4.78 is 0. The Hall–Kier alpha value is -1.14. The van der Waals surface area contributed by atoms with Gasteiger partial charge in [0.25, 0.3) is 0 Å². The second-order valence-corrected chi connectivity index (χ2v) is 6.85. The number of carbonyl (C=O) groups excluding carboxylic acids is 1. The monoisotopic (exact) mass is 324 g/mol. The molecule has 1 saturated heterocycles. The number of rotatable bonds is 8. The van der Waals surface area contributed by atoms with Crippen LogP contribution in [0.3, 0.4) is 0 Å². The predicted octanol–water partition coefficient (Wildman–Crippen LogP) is 2.17. The van der Waals surface area contributed by atoms with Crippen molar-refractivity contribution < 1.29 is 4.79 Å². The van der Waals surface area contributed by atoms with Crippen LogP contribution in [0.2, 0.25) is 0 Å². The van der Waals surface area contributed by atoms with E-state index in [1.807, 2.05) is 13.8 Å². The number of carbonyl (C=O) groups is 1. The summed E-state index contributed by atoms with van der Waals surface area (Å²) in [5, 5.41) is 6.26. The van der Waals surface area contributed by atoms with Gasteiger partial charge < -0.3 is 16.0 Å². The van der Waals surface area contributed by atoms with Crippen molar-refractivity contribution in [3.63, 3.8) is 0 Å². The van der Waals surface area contributed by atoms with Crippen LogP contribution in [0, 0.1) is 5.41 Å². The van der Waals surface area contributed by atoms with Crippen LogP contribution >= 0.6 is 11.3 Å². The lowest BCUT2D eigenvalue weighted by atomic mass is 9.81. The molecule has 0 spiro atoms. The Kier molecular flexibility index (Phi) is 6.20. The number of hydrogen-bond donors (Lipinski definition) is 2. The van der Waals surface area contributed by atoms with Crippen molar-refractivity contribution in [2.45, 2.75) is 46.0 Å². The summed E-state index contributed by atoms with van der Waals surface area (Å²) in [7, 11) is 0. The van der Waals surface area contributed by atoms with Crippen LogP contribution in [-0.4, -0.2) is 37.1 Å². The van der Waals surface area contributed by atoms with Gasteiger partial charge in [-0.25, -0.2) is 4.98 Å². The summed E-state index contributed by atoms with van der Waals surface area (Å²) in [5.74, 6) is 0.0787. The van der Waals surface area contributed by atoms with Gasteiger partial charge in [-0.3, -0.25) is 4.79 Å². The van der Waals surface area contributed by atoms with E-state index in [0.29, 0.717) is 13.1 Å². The molecule has 5 nitrogen and oxygen atoms in total. The Morgan fingerprint density at radius 1 is 1.41 bits per heavy atom. The Balaban J connectivity index is 1.82. The highest BCUT2D eigenvalue weighted by Crippen LogP contribution is 2.26. The fraction of sp³-hybridized carbons (Fsp3) is 0.750. The molecule has 1 fully saturated rings. The quantitative estimate of drug-likeness (QED) is 0.769. The zero-order chi connectivity index (χ0) is 16.0. The van der Waals surface area contributed by atoms with Crippen LogP contribution in [-0.2, 0) is 11.2 Å². The van der Waals surface area contributed by atoms with Gasteiger partial charge in [0.15, 0.2) is 5.13 Å². The van der Waals surface area contributed by atoms with Gasteiger partial charge in [0.2, 0.25) is 5.91 Å². The molecule has 6 heteroatoms. The number of hydrogen-bond acceptors (Lipinski definition) is 5. The number of aromatic nitrogens is 1. The first kappa shape index (κ1) is 17.2. The second kappa shape index (κ2) is 7.92. The maximum absolute atomic E-state index is 12.3. The van der Waals surface area contributed by atoms with E-state index >= 15 is 0 Å². The average Bonchev–Trinajstić information content (AvgIpc) is 3.21. The molecule has 1 aliphatic heterocycles. The predicted molar refractivity (Wildman–Crippen MR) is 92.3 cm³/mol. The summed E-state index contributed by atoms with van der Waals surface area (Å²) in [6.07, 6.45) is 4.87. The molecule has 0 bridgehead atoms. The highest BCUT2D eigenvalue weighted by atomic mass is 32.1. The summed E-state index contributed by atoms with van der Waals surface area (Å²) >= 11 is 1.71. The van der Waals surface area contributed by atoms with Crippen molar-refractivity contribution >= 4 is 22.4 Å². The Labute approximate surface area is 137 Å². The van der Waals surface area contributed by atoms with Gasteiger partial charge in [-0.2, -0.15) is 0 Å². The van der Waals surface area contributed by atoms with Crippen LogP contribution in [0.15, 0.2) is 5.38 Å². The van der Waals surface area contributed by atoms with E-state index in [0.717, 1.165) is 43.2 Å². The summed E-state index contributed by atoms with van der Waals surface area (Å²) in [6, 6.07) is 0. The van der Waals surface area contributed by atoms with Crippen molar-refractivity contribution in [1.82, 2.24) is 10.3 Å². The molecule has 1 aromatic heterocycles. The summed E-state index contributed by atoms with van der Waals surface area (Å²) in [5.41, 5.74) is 6.46. The Morgan fingerprint density at radius 3 is 2.68 bits per heavy atom. The third-order valence-electron chi connectivity index (χ3n) is 4.81. The first-order valence-electron chi connectivity index (χ1n) is 8.33. The molecule has 2 heterocycles. The molecule has 1 amide bonds. The zero-order valence-electron chi connectivity index (χ0n) is 13.7. The fourth-order valence-electron chi connectivity index (χ4n) is 2.91. The largest absolute Gasteiger partial charge is 0.355 e. The number of thiazole rings is 1. The molecule has 0 radical (unpaired) electrons. The molecule has 0 aromatic carbocycles. The van der Waals surface area contributed by atoms with Crippen LogP contribution in [0.4, 0.5) is 5.13 Å². The molecular formula is C16H28N4OS. The third-order valence-corrected chi connectivity index (χ3v) is 5.76. The van der Waals surface area contributed by atoms with Gasteiger partial charge in [-0.05, 0) is 25.7 Å². The van der Waals surface area contributed by atoms with E-state index in [1.54, 1.807) is 11.3 Å². The van der Waals surface area contributed by atoms with Gasteiger partial charge in [-0.1, -0.05) is 13.8 Å². The molecule has 1 aromatic rings. The number of nitrogens with zero attached hydrogens (tertiary/aromatic N) is 2. The van der Waals surface area contributed by atoms with Crippen molar-refractivity contribution in [3.05, 3.63) is 11.1 Å². The lowest BCUT2D eigenvalue weighted by Gasteiger charge is -2.28. The van der Waals surface area contributed by atoms with Crippen LogP contribution in [0.1, 0.15) is 45.2 Å². The highest BCUT2D eigenvalue weighted by Gasteiger charge is 2.32. The molecular weight excluding hydrogens is 296 g/mol. The number of nitrogens with two attached hydrogens (primary N) is 1. The van der Waals surface area contributed by atoms with E-state index in [2.05, 4.69) is 20.6 Å². The summed E-state index contributed by atoms with van der Waals surface area (Å²) in [4.78, 5) is 19.4. The van der Waals surface area contributed by atoms with Gasteiger partial charge in [0.05, 0.1) is 11.1 Å². The van der Waals surface area contributed by atoms with Gasteiger partial charge in [0.1, 0.15) is 0 Å². The normalized spacial score (nSPS) is 15.3. The first-order chi connectivity index (χ1) is 10.6. The molecule has 0 saturated carbocycles. The van der Waals surface area contributed by atoms with E-state index in [1.165, 1.54) is 12.8 Å². The molecule has 1 aliphatic rings. The Morgan fingerprint density at radius 2 is 2.09 bits per heavy atom. The number of nitrogens with one attached hydrogen (secondary N) is 1. The maximum atomic E-state index is 12.3. The van der Waals surface area contributed by atoms with Crippen LogP contribution in [0.25, 0.3) is 0 Å². The molecule has 124 valence electrons. The third kappa shape index (κ3) is 3.79. The van der Waals surface area contributed by atoms with Crippen molar-refractivity contribution in [1.29, 1.82) is 0 Å². The number of amides is 1. The van der Waals surface area contributed by atoms with Crippen molar-refractivity contribution in [2.75, 3.05) is 31.1 Å². The molecule has 2 rings (SSSR count). The topological polar surface area (TPSA) is 71.2 Å². The smallest absolute Gasteiger partial charge is 0.227 e. The highest BCUT2D eigenvalue weighted by molar-refractivity contribution is 7.13. The average molecular weight is 324 g/mol. The van der Waals surface area contributed by atoms with E-state index in [9.17, 15) is 4.79 Å². The van der Waals surface area contributed by atoms with E-state index in [-0.39, 0.29) is 5.91 Å². The van der Waals surface area contributed by atoms with Crippen molar-refractivity contribution in [3.8, 4) is 0 Å². The van der Waals surface area contributed by atoms with Crippen LogP contribution in [0.5, 0.6) is 0 Å². The lowest BCUT2D eigenvalue weighted by molar-refractivity contribution is -0.131. The van der Waals surface area contributed by atoms with Gasteiger partial charge in [0, 0.05) is 38.0 Å². The Bertz CT molecular complexity index is 470. The minimum atomic E-state index is -0.414. The summed E-state index contributed by atoms with van der Waals surface area (Å²) in [6.45, 7) is 7.33. The molecule has 0 unspecified atom stereocenters. The maximum Gasteiger partial charge on any atom is 0.227 e. The standard InChI is InChI=1S/C16H28N4OS/c1-3-16(4-2,12-17)14(21)18-8-7-13-11-22-15(19-13)20-9-5-6-10-20/h11H,3-10,12,17H2,1-2H3,(H,18,21). The van der Waals surface area contributed by atoms with Gasteiger partial charge >= 0.3 is 0 Å². The minimum absolute atomic E-state index is 0.0787. The van der Waals surface area contributed by atoms with Crippen LogP contribution < -0.4 is 16.0 Å². The zero-order valence-corrected chi connectivity index (χ0v) is 14.5. The minimum Gasteiger partial charge on any atom is -0.355 e. The molecule has 3 N–H and O–H groups in total. The molecule has 0 atom stereocenters. The van der Waals surface area contributed by atoms with E-state index < -0.39 is 5.41 Å². The SMILES string of the molecule is CCC(CC)(CN)C(=O)NCCc1csc(N2CCCC2)n1. The lowest BCUT2D eigenvalue weighted by Crippen LogP contribution is -2.45. The first-order valence-corrected chi connectivity index (χ1v) is 9.21. The van der Waals surface area contributed by atoms with Gasteiger partial charge in [-0.15, -0.1) is 11.3 Å². The number of anilines is 1. The second-order valence-electron chi connectivity index (χ2n) is 6.01. The molecule has 22 heavy (non-hydrogen) atoms. The van der Waals surface area contributed by atoms with Crippen molar-refractivity contribution in [2.24, 2.45) is 11.1 Å². The molecule has 0 aliphatic carbocycles. The fourth-order valence-corrected chi connectivity index (χ4v) is 3.82. The van der Waals surface area contributed by atoms with E-state index in [4.69, 9.17) is 5.73 Å².